The summed E-state index contributed by atoms with van der Waals surface area (Å²) in [7, 11) is 0. The monoisotopic (exact) mass is 256 g/mol. The molecular formula is C11H10F2N2OS. The zero-order valence-electron chi connectivity index (χ0n) is 9.28. The Labute approximate surface area is 101 Å². The summed E-state index contributed by atoms with van der Waals surface area (Å²) in [5, 5.41) is 3.84. The molecule has 3 nitrogen and oxygen atoms in total. The van der Waals surface area contributed by atoms with E-state index < -0.39 is 17.7 Å². The van der Waals surface area contributed by atoms with Crippen molar-refractivity contribution in [1.29, 1.82) is 0 Å². The first kappa shape index (κ1) is 11.9. The number of rotatable bonds is 3. The minimum atomic E-state index is -0.977. The van der Waals surface area contributed by atoms with Gasteiger partial charge in [0.25, 0.3) is 0 Å². The molecule has 0 saturated heterocycles. The van der Waals surface area contributed by atoms with Crippen molar-refractivity contribution in [3.8, 4) is 5.75 Å². The van der Waals surface area contributed by atoms with E-state index >= 15 is 0 Å². The van der Waals surface area contributed by atoms with Crippen LogP contribution in [0.1, 0.15) is 23.6 Å². The number of hydrogen-bond acceptors (Lipinski definition) is 4. The molecule has 1 atom stereocenters. The first-order chi connectivity index (χ1) is 8.09. The van der Waals surface area contributed by atoms with E-state index in [0.717, 1.165) is 16.6 Å². The summed E-state index contributed by atoms with van der Waals surface area (Å²) in [6.45, 7) is 3.53. The maximum Gasteiger partial charge on any atom is 0.200 e. The van der Waals surface area contributed by atoms with Crippen LogP contribution in [0, 0.1) is 18.6 Å². The van der Waals surface area contributed by atoms with Gasteiger partial charge in [0.2, 0.25) is 5.82 Å². The Balaban J connectivity index is 2.22. The number of hydrogen-bond donors (Lipinski definition) is 0. The van der Waals surface area contributed by atoms with Gasteiger partial charge in [-0.3, -0.25) is 0 Å². The van der Waals surface area contributed by atoms with Crippen molar-refractivity contribution < 1.29 is 13.5 Å². The summed E-state index contributed by atoms with van der Waals surface area (Å²) in [4.78, 5) is 0.800. The first-order valence-corrected chi connectivity index (χ1v) is 5.76. The molecule has 0 radical (unpaired) electrons. The van der Waals surface area contributed by atoms with Crippen LogP contribution in [0.25, 0.3) is 0 Å². The van der Waals surface area contributed by atoms with Crippen LogP contribution in [0.5, 0.6) is 5.75 Å². The van der Waals surface area contributed by atoms with Crippen molar-refractivity contribution in [2.24, 2.45) is 0 Å². The maximum atomic E-state index is 13.4. The third-order valence-electron chi connectivity index (χ3n) is 2.28. The van der Waals surface area contributed by atoms with E-state index in [-0.39, 0.29) is 5.75 Å². The lowest BCUT2D eigenvalue weighted by atomic mass is 10.2. The summed E-state index contributed by atoms with van der Waals surface area (Å²) < 4.78 is 35.5. The Morgan fingerprint density at radius 1 is 1.35 bits per heavy atom. The molecule has 90 valence electrons. The van der Waals surface area contributed by atoms with Gasteiger partial charge in [-0.25, -0.2) is 4.39 Å². The topological polar surface area (TPSA) is 35.0 Å². The Kier molecular flexibility index (Phi) is 3.33. The molecule has 0 bridgehead atoms. The van der Waals surface area contributed by atoms with Crippen LogP contribution in [-0.2, 0) is 0 Å². The number of aromatic nitrogens is 2. The first-order valence-electron chi connectivity index (χ1n) is 4.99. The molecular weight excluding hydrogens is 246 g/mol. The van der Waals surface area contributed by atoms with Gasteiger partial charge >= 0.3 is 0 Å². The summed E-state index contributed by atoms with van der Waals surface area (Å²) in [5.74, 6) is -2.01. The molecule has 2 rings (SSSR count). The fraction of sp³-hybridized carbons (Fsp3) is 0.273. The lowest BCUT2D eigenvalue weighted by Crippen LogP contribution is -2.04. The number of benzene rings is 1. The highest BCUT2D eigenvalue weighted by atomic mass is 32.1. The zero-order chi connectivity index (χ0) is 12.4. The van der Waals surface area contributed by atoms with Crippen molar-refractivity contribution in [3.05, 3.63) is 40.4 Å². The van der Waals surface area contributed by atoms with Crippen LogP contribution < -0.4 is 4.74 Å². The molecule has 6 heteroatoms. The van der Waals surface area contributed by atoms with Gasteiger partial charge in [-0.15, -0.1) is 5.10 Å². The predicted octanol–water partition coefficient (Wildman–Crippen LogP) is 3.26. The van der Waals surface area contributed by atoms with Gasteiger partial charge in [0.05, 0.1) is 10.6 Å². The number of nitrogens with zero attached hydrogens (tertiary/aromatic N) is 2. The van der Waals surface area contributed by atoms with Crippen LogP contribution in [-0.4, -0.2) is 9.59 Å². The molecule has 0 aliphatic rings. The second-order valence-electron chi connectivity index (χ2n) is 3.53. The van der Waals surface area contributed by atoms with Crippen molar-refractivity contribution in [2.45, 2.75) is 20.0 Å². The van der Waals surface area contributed by atoms with Gasteiger partial charge in [-0.05, 0) is 37.5 Å². The van der Waals surface area contributed by atoms with Gasteiger partial charge in [0, 0.05) is 0 Å². The average molecular weight is 256 g/mol. The van der Waals surface area contributed by atoms with E-state index in [1.807, 2.05) is 0 Å². The van der Waals surface area contributed by atoms with Crippen molar-refractivity contribution in [2.75, 3.05) is 0 Å². The smallest absolute Gasteiger partial charge is 0.200 e. The summed E-state index contributed by atoms with van der Waals surface area (Å²) in [6.07, 6.45) is -0.411. The SMILES string of the molecule is Cc1nnsc1C(C)Oc1cccc(F)c1F. The molecule has 0 saturated carbocycles. The number of ether oxygens (including phenoxy) is 1. The van der Waals surface area contributed by atoms with Gasteiger partial charge in [-0.2, -0.15) is 4.39 Å². The van der Waals surface area contributed by atoms with E-state index in [1.54, 1.807) is 13.8 Å². The molecule has 0 fully saturated rings. The second-order valence-corrected chi connectivity index (χ2v) is 4.32. The van der Waals surface area contributed by atoms with Gasteiger partial charge < -0.3 is 4.74 Å². The summed E-state index contributed by atoms with van der Waals surface area (Å²) in [5.41, 5.74) is 0.735. The molecule has 1 aromatic heterocycles. The van der Waals surface area contributed by atoms with E-state index in [0.29, 0.717) is 0 Å². The molecule has 0 amide bonds. The third kappa shape index (κ3) is 2.41. The molecule has 1 unspecified atom stereocenters. The Hall–Kier alpha value is -1.56. The average Bonchev–Trinajstić information content (AvgIpc) is 2.71. The highest BCUT2D eigenvalue weighted by Crippen LogP contribution is 2.28. The molecule has 1 heterocycles. The molecule has 0 aliphatic heterocycles. The van der Waals surface area contributed by atoms with Crippen LogP contribution >= 0.6 is 11.5 Å². The fourth-order valence-electron chi connectivity index (χ4n) is 1.43. The van der Waals surface area contributed by atoms with Crippen LogP contribution in [0.2, 0.25) is 0 Å². The quantitative estimate of drug-likeness (QED) is 0.845. The van der Waals surface area contributed by atoms with Crippen LogP contribution in [0.4, 0.5) is 8.78 Å². The molecule has 2 aromatic rings. The van der Waals surface area contributed by atoms with Crippen molar-refractivity contribution in [3.63, 3.8) is 0 Å². The third-order valence-corrected chi connectivity index (χ3v) is 3.26. The molecule has 0 spiro atoms. The Morgan fingerprint density at radius 2 is 2.12 bits per heavy atom. The normalized spacial score (nSPS) is 12.5. The molecule has 0 aliphatic carbocycles. The lowest BCUT2D eigenvalue weighted by molar-refractivity contribution is 0.216. The standard InChI is InChI=1S/C11H10F2N2OS/c1-6-11(17-15-14-6)7(2)16-9-5-3-4-8(12)10(9)13/h3-5,7H,1-2H3. The second kappa shape index (κ2) is 4.75. The largest absolute Gasteiger partial charge is 0.482 e. The molecule has 0 N–H and O–H groups in total. The minimum Gasteiger partial charge on any atom is -0.482 e. The van der Waals surface area contributed by atoms with E-state index in [4.69, 9.17) is 4.74 Å². The summed E-state index contributed by atoms with van der Waals surface area (Å²) in [6, 6.07) is 3.84. The molecule has 1 aromatic carbocycles. The Bertz CT molecular complexity index is 530. The lowest BCUT2D eigenvalue weighted by Gasteiger charge is -2.13. The maximum absolute atomic E-state index is 13.4. The van der Waals surface area contributed by atoms with Crippen molar-refractivity contribution in [1.82, 2.24) is 9.59 Å². The van der Waals surface area contributed by atoms with E-state index in [1.165, 1.54) is 23.7 Å². The van der Waals surface area contributed by atoms with Crippen LogP contribution in [0.15, 0.2) is 18.2 Å². The predicted molar refractivity (Wildman–Crippen MR) is 60.0 cm³/mol. The highest BCUT2D eigenvalue weighted by Gasteiger charge is 2.17. The van der Waals surface area contributed by atoms with Crippen LogP contribution in [0.3, 0.4) is 0 Å². The minimum absolute atomic E-state index is 0.106. The number of aryl methyl sites for hydroxylation is 1. The highest BCUT2D eigenvalue weighted by molar-refractivity contribution is 7.05. The number of halogens is 2. The van der Waals surface area contributed by atoms with E-state index in [9.17, 15) is 8.78 Å². The molecule has 17 heavy (non-hydrogen) atoms. The fourth-order valence-corrected chi connectivity index (χ4v) is 2.05. The van der Waals surface area contributed by atoms with Gasteiger partial charge in [0.1, 0.15) is 6.10 Å². The van der Waals surface area contributed by atoms with Crippen molar-refractivity contribution >= 4 is 11.5 Å². The zero-order valence-corrected chi connectivity index (χ0v) is 10.1. The van der Waals surface area contributed by atoms with Gasteiger partial charge in [-0.1, -0.05) is 10.6 Å². The van der Waals surface area contributed by atoms with Gasteiger partial charge in [0.15, 0.2) is 11.6 Å². The Morgan fingerprint density at radius 3 is 2.76 bits per heavy atom. The van der Waals surface area contributed by atoms with E-state index in [2.05, 4.69) is 9.59 Å². The summed E-state index contributed by atoms with van der Waals surface area (Å²) >= 11 is 1.18.